The van der Waals surface area contributed by atoms with E-state index in [4.69, 9.17) is 9.47 Å². The van der Waals surface area contributed by atoms with Gasteiger partial charge in [0.05, 0.1) is 26.2 Å². The normalized spacial score (nSPS) is 11.9. The van der Waals surface area contributed by atoms with Crippen LogP contribution < -0.4 is 19.1 Å². The number of carbonyl (C=O) groups is 2. The van der Waals surface area contributed by atoms with Gasteiger partial charge in [-0.3, -0.25) is 13.9 Å². The fourth-order valence-electron chi connectivity index (χ4n) is 3.30. The number of hydrogen-bond acceptors (Lipinski definition) is 6. The van der Waals surface area contributed by atoms with Crippen molar-refractivity contribution in [2.45, 2.75) is 26.4 Å². The van der Waals surface area contributed by atoms with E-state index in [0.29, 0.717) is 18.0 Å². The maximum atomic E-state index is 13.5. The van der Waals surface area contributed by atoms with Gasteiger partial charge in [0.1, 0.15) is 24.1 Å². The van der Waals surface area contributed by atoms with E-state index in [1.54, 1.807) is 56.3 Å². The zero-order valence-corrected chi connectivity index (χ0v) is 20.4. The molecule has 0 aliphatic carbocycles. The Hall–Kier alpha value is -3.27. The predicted octanol–water partition coefficient (Wildman–Crippen LogP) is 2.02. The molecule has 0 aliphatic heterocycles. The van der Waals surface area contributed by atoms with Gasteiger partial charge in [0.25, 0.3) is 0 Å². The van der Waals surface area contributed by atoms with Crippen molar-refractivity contribution >= 4 is 27.5 Å². The third-order valence-electron chi connectivity index (χ3n) is 5.04. The van der Waals surface area contributed by atoms with Gasteiger partial charge in [-0.15, -0.1) is 0 Å². The Labute approximate surface area is 195 Å². The van der Waals surface area contributed by atoms with Gasteiger partial charge < -0.3 is 19.7 Å². The minimum absolute atomic E-state index is 0.0951. The van der Waals surface area contributed by atoms with Crippen LogP contribution in [0.25, 0.3) is 0 Å². The molecule has 2 aromatic rings. The van der Waals surface area contributed by atoms with Crippen LogP contribution in [-0.4, -0.2) is 64.7 Å². The fourth-order valence-corrected chi connectivity index (χ4v) is 4.16. The van der Waals surface area contributed by atoms with Crippen LogP contribution in [0, 0.1) is 0 Å². The van der Waals surface area contributed by atoms with E-state index < -0.39 is 28.5 Å². The van der Waals surface area contributed by atoms with Crippen molar-refractivity contribution in [1.29, 1.82) is 0 Å². The standard InChI is InChI=1S/C23H31N3O6S/c1-6-24-23(28)17(2)25(15-18-10-9-11-19(14-18)31-3)22(27)16-26(33(5,29)30)20-12-7-8-13-21(20)32-4/h7-14,17H,6,15-16H2,1-5H3,(H,24,28). The second-order valence-corrected chi connectivity index (χ2v) is 9.29. The molecule has 2 aromatic carbocycles. The van der Waals surface area contributed by atoms with Crippen LogP contribution >= 0.6 is 0 Å². The molecule has 0 spiro atoms. The lowest BCUT2D eigenvalue weighted by Gasteiger charge is -2.31. The number of hydrogen-bond donors (Lipinski definition) is 1. The van der Waals surface area contributed by atoms with Crippen molar-refractivity contribution in [1.82, 2.24) is 10.2 Å². The summed E-state index contributed by atoms with van der Waals surface area (Å²) >= 11 is 0. The highest BCUT2D eigenvalue weighted by Gasteiger charge is 2.31. The molecule has 1 unspecified atom stereocenters. The van der Waals surface area contributed by atoms with Crippen LogP contribution in [0.15, 0.2) is 48.5 Å². The number of methoxy groups -OCH3 is 2. The van der Waals surface area contributed by atoms with Crippen LogP contribution in [0.3, 0.4) is 0 Å². The topological polar surface area (TPSA) is 105 Å². The SMILES string of the molecule is CCNC(=O)C(C)N(Cc1cccc(OC)c1)C(=O)CN(c1ccccc1OC)S(C)(=O)=O. The first-order valence-corrected chi connectivity index (χ1v) is 12.3. The summed E-state index contributed by atoms with van der Waals surface area (Å²) in [5, 5.41) is 2.71. The minimum atomic E-state index is -3.83. The molecule has 0 aromatic heterocycles. The molecule has 1 N–H and O–H groups in total. The minimum Gasteiger partial charge on any atom is -0.497 e. The Kier molecular flexibility index (Phi) is 9.10. The molecule has 0 bridgehead atoms. The highest BCUT2D eigenvalue weighted by Crippen LogP contribution is 2.29. The largest absolute Gasteiger partial charge is 0.497 e. The average molecular weight is 478 g/mol. The number of amides is 2. The Morgan fingerprint density at radius 3 is 2.36 bits per heavy atom. The summed E-state index contributed by atoms with van der Waals surface area (Å²) in [5.74, 6) is 0.0500. The second kappa shape index (κ2) is 11.6. The van der Waals surface area contributed by atoms with E-state index in [1.807, 2.05) is 6.07 Å². The van der Waals surface area contributed by atoms with Crippen molar-refractivity contribution in [2.24, 2.45) is 0 Å². The average Bonchev–Trinajstić information content (AvgIpc) is 2.79. The Bertz CT molecular complexity index is 1070. The lowest BCUT2D eigenvalue weighted by Crippen LogP contribution is -2.51. The molecule has 33 heavy (non-hydrogen) atoms. The Balaban J connectivity index is 2.43. The number of anilines is 1. The molecule has 2 rings (SSSR count). The van der Waals surface area contributed by atoms with Crippen LogP contribution in [0.1, 0.15) is 19.4 Å². The van der Waals surface area contributed by atoms with Gasteiger partial charge in [0.2, 0.25) is 21.8 Å². The van der Waals surface area contributed by atoms with Crippen molar-refractivity contribution in [3.8, 4) is 11.5 Å². The number of nitrogens with zero attached hydrogens (tertiary/aromatic N) is 2. The summed E-state index contributed by atoms with van der Waals surface area (Å²) in [5.41, 5.74) is 0.977. The molecule has 0 radical (unpaired) electrons. The van der Waals surface area contributed by atoms with Crippen LogP contribution in [0.2, 0.25) is 0 Å². The Morgan fingerprint density at radius 1 is 1.06 bits per heavy atom. The maximum absolute atomic E-state index is 13.5. The molecule has 0 saturated carbocycles. The smallest absolute Gasteiger partial charge is 0.244 e. The second-order valence-electron chi connectivity index (χ2n) is 7.39. The van der Waals surface area contributed by atoms with Gasteiger partial charge in [-0.25, -0.2) is 8.42 Å². The summed E-state index contributed by atoms with van der Waals surface area (Å²) in [4.78, 5) is 27.4. The predicted molar refractivity (Wildman–Crippen MR) is 127 cm³/mol. The summed E-state index contributed by atoms with van der Waals surface area (Å²) in [6.07, 6.45) is 1.02. The van der Waals surface area contributed by atoms with Crippen molar-refractivity contribution in [2.75, 3.05) is 37.9 Å². The van der Waals surface area contributed by atoms with E-state index in [1.165, 1.54) is 19.1 Å². The van der Waals surface area contributed by atoms with Gasteiger partial charge in [-0.2, -0.15) is 0 Å². The zero-order valence-electron chi connectivity index (χ0n) is 19.6. The quantitative estimate of drug-likeness (QED) is 0.531. The first-order chi connectivity index (χ1) is 15.6. The maximum Gasteiger partial charge on any atom is 0.244 e. The summed E-state index contributed by atoms with van der Waals surface area (Å²) < 4.78 is 36.7. The molecule has 0 heterocycles. The number of likely N-dealkylation sites (N-methyl/N-ethyl adjacent to an activating group) is 1. The molecule has 0 aliphatic rings. The molecule has 0 fully saturated rings. The Morgan fingerprint density at radius 2 is 1.76 bits per heavy atom. The highest BCUT2D eigenvalue weighted by atomic mass is 32.2. The molecule has 0 saturated heterocycles. The fraction of sp³-hybridized carbons (Fsp3) is 0.391. The molecule has 1 atom stereocenters. The molecule has 180 valence electrons. The lowest BCUT2D eigenvalue weighted by atomic mass is 10.1. The van der Waals surface area contributed by atoms with Crippen LogP contribution in [0.5, 0.6) is 11.5 Å². The lowest BCUT2D eigenvalue weighted by molar-refractivity contribution is -0.139. The van der Waals surface area contributed by atoms with E-state index in [9.17, 15) is 18.0 Å². The third-order valence-corrected chi connectivity index (χ3v) is 6.16. The van der Waals surface area contributed by atoms with Gasteiger partial charge in [0.15, 0.2) is 0 Å². The third kappa shape index (κ3) is 6.85. The van der Waals surface area contributed by atoms with Gasteiger partial charge >= 0.3 is 0 Å². The number of nitrogens with one attached hydrogen (secondary N) is 1. The van der Waals surface area contributed by atoms with Crippen molar-refractivity contribution < 1.29 is 27.5 Å². The monoisotopic (exact) mass is 477 g/mol. The summed E-state index contributed by atoms with van der Waals surface area (Å²) in [7, 11) is -0.871. The number of ether oxygens (including phenoxy) is 2. The molecule has 10 heteroatoms. The number of sulfonamides is 1. The molecular weight excluding hydrogens is 446 g/mol. The van der Waals surface area contributed by atoms with Gasteiger partial charge in [0, 0.05) is 13.1 Å². The van der Waals surface area contributed by atoms with E-state index in [-0.39, 0.29) is 18.1 Å². The summed E-state index contributed by atoms with van der Waals surface area (Å²) in [6, 6.07) is 12.8. The first-order valence-electron chi connectivity index (χ1n) is 10.4. The molecular formula is C23H31N3O6S. The van der Waals surface area contributed by atoms with Crippen molar-refractivity contribution in [3.63, 3.8) is 0 Å². The number of carbonyl (C=O) groups excluding carboxylic acids is 2. The van der Waals surface area contributed by atoms with E-state index >= 15 is 0 Å². The van der Waals surface area contributed by atoms with E-state index in [2.05, 4.69) is 5.32 Å². The van der Waals surface area contributed by atoms with Gasteiger partial charge in [-0.05, 0) is 43.7 Å². The summed E-state index contributed by atoms with van der Waals surface area (Å²) in [6.45, 7) is 3.40. The van der Waals surface area contributed by atoms with Crippen LogP contribution in [-0.2, 0) is 26.2 Å². The van der Waals surface area contributed by atoms with Crippen molar-refractivity contribution in [3.05, 3.63) is 54.1 Å². The van der Waals surface area contributed by atoms with E-state index in [0.717, 1.165) is 16.1 Å². The number of rotatable bonds is 11. The first kappa shape index (κ1) is 26.0. The molecule has 9 nitrogen and oxygen atoms in total. The van der Waals surface area contributed by atoms with Gasteiger partial charge in [-0.1, -0.05) is 24.3 Å². The molecule has 2 amide bonds. The highest BCUT2D eigenvalue weighted by molar-refractivity contribution is 7.92. The number of benzene rings is 2. The number of para-hydroxylation sites is 2. The zero-order chi connectivity index (χ0) is 24.6. The van der Waals surface area contributed by atoms with Crippen LogP contribution in [0.4, 0.5) is 5.69 Å².